The van der Waals surface area contributed by atoms with Crippen LogP contribution in [-0.2, 0) is 14.9 Å². The number of cyclic esters (lactones) is 1. The quantitative estimate of drug-likeness (QED) is 0.333. The zero-order valence-corrected chi connectivity index (χ0v) is 25.2. The molecule has 10 heteroatoms. The molecule has 42 heavy (non-hydrogen) atoms. The van der Waals surface area contributed by atoms with E-state index in [1.165, 1.54) is 5.56 Å². The molecule has 3 atom stereocenters. The van der Waals surface area contributed by atoms with E-state index < -0.39 is 0 Å². The molecule has 2 fully saturated rings. The fraction of sp³-hybridized carbons (Fsp3) is 0.500. The van der Waals surface area contributed by atoms with Crippen molar-refractivity contribution in [3.05, 3.63) is 59.8 Å². The maximum Gasteiger partial charge on any atom is 0.415 e. The highest BCUT2D eigenvalue weighted by Crippen LogP contribution is 2.49. The summed E-state index contributed by atoms with van der Waals surface area (Å²) in [5, 5.41) is 3.42. The molecule has 2 saturated heterocycles. The third-order valence-corrected chi connectivity index (χ3v) is 8.83. The van der Waals surface area contributed by atoms with Crippen LogP contribution in [0.5, 0.6) is 0 Å². The van der Waals surface area contributed by atoms with E-state index in [0.29, 0.717) is 37.5 Å². The number of carbonyl (C=O) groups is 1. The third-order valence-electron chi connectivity index (χ3n) is 8.83. The van der Waals surface area contributed by atoms with Gasteiger partial charge < -0.3 is 24.6 Å². The van der Waals surface area contributed by atoms with Gasteiger partial charge in [-0.2, -0.15) is 4.98 Å². The van der Waals surface area contributed by atoms with E-state index in [0.717, 1.165) is 48.8 Å². The minimum atomic E-state index is -0.371. The first-order valence-corrected chi connectivity index (χ1v) is 15.1. The molecule has 222 valence electrons. The molecule has 0 bridgehead atoms. The van der Waals surface area contributed by atoms with Crippen LogP contribution < -0.4 is 15.1 Å². The number of benzene rings is 1. The molecule has 1 N–H and O–H groups in total. The molecule has 5 heterocycles. The van der Waals surface area contributed by atoms with Gasteiger partial charge >= 0.3 is 6.09 Å². The number of fused-ring (bicyclic) bond motifs is 1. The second-order valence-corrected chi connectivity index (χ2v) is 12.0. The lowest BCUT2D eigenvalue weighted by molar-refractivity contribution is 0.0897. The topological polar surface area (TPSA) is 96.0 Å². The number of rotatable bonds is 10. The molecule has 10 nitrogen and oxygen atoms in total. The molecule has 6 rings (SSSR count). The Kier molecular flexibility index (Phi) is 7.76. The van der Waals surface area contributed by atoms with Crippen LogP contribution in [0.15, 0.2) is 48.7 Å². The van der Waals surface area contributed by atoms with Crippen molar-refractivity contribution in [1.82, 2.24) is 19.9 Å². The standard InChI is InChI=1S/C32H41N7O3/c1-6-9-26-32(4,20-41-7-2)25-16-33-30(34-24-14-12-22(13-15-24)23-17-37(5)18-23)36-29(25)39(26)28-11-8-10-27(35-28)38-21(3)19-42-31(38)40/h8,10-16,21,23,26H,6-7,9,17-20H2,1-5H3,(H,33,34,36)/t21-,26+,32+/m0/s1. The Morgan fingerprint density at radius 1 is 1.07 bits per heavy atom. The van der Waals surface area contributed by atoms with Crippen molar-refractivity contribution in [2.24, 2.45) is 0 Å². The van der Waals surface area contributed by atoms with E-state index in [2.05, 4.69) is 60.3 Å². The number of nitrogens with zero attached hydrogens (tertiary/aromatic N) is 6. The fourth-order valence-electron chi connectivity index (χ4n) is 6.50. The van der Waals surface area contributed by atoms with Gasteiger partial charge in [0, 0.05) is 54.5 Å². The smallest absolute Gasteiger partial charge is 0.415 e. The number of hydrogen-bond donors (Lipinski definition) is 1. The van der Waals surface area contributed by atoms with Crippen molar-refractivity contribution in [2.45, 2.75) is 64.0 Å². The molecule has 0 aliphatic carbocycles. The maximum atomic E-state index is 12.5. The highest BCUT2D eigenvalue weighted by atomic mass is 16.6. The molecule has 1 aromatic carbocycles. The highest BCUT2D eigenvalue weighted by molar-refractivity contribution is 5.89. The van der Waals surface area contributed by atoms with Gasteiger partial charge in [0.25, 0.3) is 0 Å². The van der Waals surface area contributed by atoms with E-state index in [4.69, 9.17) is 24.4 Å². The molecule has 3 aliphatic rings. The summed E-state index contributed by atoms with van der Waals surface area (Å²) >= 11 is 0. The summed E-state index contributed by atoms with van der Waals surface area (Å²) in [4.78, 5) is 33.5. The van der Waals surface area contributed by atoms with E-state index >= 15 is 0 Å². The van der Waals surface area contributed by atoms with Crippen molar-refractivity contribution >= 4 is 35.2 Å². The monoisotopic (exact) mass is 571 g/mol. The number of aromatic nitrogens is 3. The Morgan fingerprint density at radius 2 is 1.81 bits per heavy atom. The van der Waals surface area contributed by atoms with Gasteiger partial charge in [-0.1, -0.05) is 38.5 Å². The molecule has 1 amide bonds. The summed E-state index contributed by atoms with van der Waals surface area (Å²) < 4.78 is 11.3. The first-order valence-electron chi connectivity index (χ1n) is 15.1. The predicted molar refractivity (Wildman–Crippen MR) is 164 cm³/mol. The average Bonchev–Trinajstić information content (AvgIpc) is 3.43. The van der Waals surface area contributed by atoms with Crippen molar-refractivity contribution in [2.75, 3.05) is 55.1 Å². The van der Waals surface area contributed by atoms with Crippen LogP contribution in [0.3, 0.4) is 0 Å². The van der Waals surface area contributed by atoms with Gasteiger partial charge in [-0.05, 0) is 57.1 Å². The van der Waals surface area contributed by atoms with Gasteiger partial charge in [0.15, 0.2) is 0 Å². The van der Waals surface area contributed by atoms with Crippen molar-refractivity contribution in [1.29, 1.82) is 0 Å². The Balaban J connectivity index is 1.37. The molecule has 0 unspecified atom stereocenters. The predicted octanol–water partition coefficient (Wildman–Crippen LogP) is 5.60. The van der Waals surface area contributed by atoms with E-state index in [1.807, 2.05) is 38.2 Å². The first-order chi connectivity index (χ1) is 20.3. The van der Waals surface area contributed by atoms with E-state index in [-0.39, 0.29) is 23.6 Å². The minimum Gasteiger partial charge on any atom is -0.447 e. The lowest BCUT2D eigenvalue weighted by Crippen LogP contribution is -2.44. The normalized spacial score (nSPS) is 24.1. The number of hydrogen-bond acceptors (Lipinski definition) is 9. The Morgan fingerprint density at radius 3 is 2.45 bits per heavy atom. The van der Waals surface area contributed by atoms with Crippen LogP contribution in [0, 0.1) is 0 Å². The van der Waals surface area contributed by atoms with Gasteiger partial charge in [0.1, 0.15) is 24.1 Å². The third kappa shape index (κ3) is 5.07. The number of carbonyl (C=O) groups excluding carboxylic acids is 1. The zero-order valence-electron chi connectivity index (χ0n) is 25.2. The summed E-state index contributed by atoms with van der Waals surface area (Å²) in [7, 11) is 2.15. The van der Waals surface area contributed by atoms with Crippen LogP contribution >= 0.6 is 0 Å². The van der Waals surface area contributed by atoms with E-state index in [1.54, 1.807) is 4.90 Å². The van der Waals surface area contributed by atoms with Gasteiger partial charge in [-0.3, -0.25) is 4.90 Å². The summed E-state index contributed by atoms with van der Waals surface area (Å²) in [5.74, 6) is 3.24. The van der Waals surface area contributed by atoms with Crippen LogP contribution in [0.25, 0.3) is 0 Å². The molecule has 2 aromatic heterocycles. The number of pyridine rings is 1. The number of likely N-dealkylation sites (tertiary alicyclic amines) is 1. The molecule has 3 aromatic rings. The number of amides is 1. The van der Waals surface area contributed by atoms with Crippen LogP contribution in [0.4, 0.5) is 33.9 Å². The summed E-state index contributed by atoms with van der Waals surface area (Å²) in [5.41, 5.74) is 2.98. The van der Waals surface area contributed by atoms with Gasteiger partial charge in [-0.15, -0.1) is 0 Å². The van der Waals surface area contributed by atoms with Crippen LogP contribution in [-0.4, -0.2) is 78.0 Å². The number of anilines is 5. The lowest BCUT2D eigenvalue weighted by Gasteiger charge is -2.36. The zero-order chi connectivity index (χ0) is 29.4. The number of nitrogens with one attached hydrogen (secondary N) is 1. The summed E-state index contributed by atoms with van der Waals surface area (Å²) in [6.45, 7) is 12.1. The lowest BCUT2D eigenvalue weighted by atomic mass is 9.78. The van der Waals surface area contributed by atoms with Gasteiger partial charge in [-0.25, -0.2) is 14.8 Å². The largest absolute Gasteiger partial charge is 0.447 e. The number of ether oxygens (including phenoxy) is 2. The van der Waals surface area contributed by atoms with Crippen molar-refractivity contribution < 1.29 is 14.3 Å². The SMILES string of the molecule is CCC[C@H]1N(c2cccc(N3C(=O)OC[C@@H]3C)n2)c2nc(Nc3ccc(C4CN(C)C4)cc3)ncc2[C@@]1(C)COCC. The summed E-state index contributed by atoms with van der Waals surface area (Å²) in [6, 6.07) is 14.3. The summed E-state index contributed by atoms with van der Waals surface area (Å²) in [6.07, 6.45) is 3.46. The number of likely N-dealkylation sites (N-methyl/N-ethyl adjacent to an activating group) is 1. The molecular weight excluding hydrogens is 530 g/mol. The Hall–Kier alpha value is -3.76. The maximum absolute atomic E-state index is 12.5. The Bertz CT molecular complexity index is 1430. The van der Waals surface area contributed by atoms with E-state index in [9.17, 15) is 4.79 Å². The van der Waals surface area contributed by atoms with Crippen LogP contribution in [0.1, 0.15) is 57.6 Å². The van der Waals surface area contributed by atoms with Crippen molar-refractivity contribution in [3.63, 3.8) is 0 Å². The molecule has 0 radical (unpaired) electrons. The molecule has 0 spiro atoms. The fourth-order valence-corrected chi connectivity index (χ4v) is 6.50. The van der Waals surface area contributed by atoms with Gasteiger partial charge in [0.2, 0.25) is 5.95 Å². The van der Waals surface area contributed by atoms with Crippen molar-refractivity contribution in [3.8, 4) is 0 Å². The average molecular weight is 572 g/mol. The minimum absolute atomic E-state index is 0.0409. The molecular formula is C32H41N7O3. The first kappa shape index (κ1) is 28.4. The van der Waals surface area contributed by atoms with Crippen LogP contribution in [0.2, 0.25) is 0 Å². The molecule has 0 saturated carbocycles. The second kappa shape index (κ2) is 11.5. The second-order valence-electron chi connectivity index (χ2n) is 12.0. The van der Waals surface area contributed by atoms with Gasteiger partial charge in [0.05, 0.1) is 12.6 Å². The Labute approximate surface area is 248 Å². The molecule has 3 aliphatic heterocycles. The highest BCUT2D eigenvalue weighted by Gasteiger charge is 2.50.